The van der Waals surface area contributed by atoms with E-state index < -0.39 is 0 Å². The molecular formula is C19H17N3O2. The van der Waals surface area contributed by atoms with Crippen molar-refractivity contribution in [3.63, 3.8) is 0 Å². The predicted molar refractivity (Wildman–Crippen MR) is 95.3 cm³/mol. The first-order chi connectivity index (χ1) is 11.7. The Balaban J connectivity index is 1.92. The minimum Gasteiger partial charge on any atom is -0.371 e. The molecule has 2 heterocycles. The Hall–Kier alpha value is -2.95. The van der Waals surface area contributed by atoms with Crippen molar-refractivity contribution < 1.29 is 4.92 Å². The summed E-state index contributed by atoms with van der Waals surface area (Å²) in [6.07, 6.45) is 4.17. The van der Waals surface area contributed by atoms with Gasteiger partial charge in [-0.05, 0) is 36.6 Å². The fourth-order valence-corrected chi connectivity index (χ4v) is 3.34. The highest BCUT2D eigenvalue weighted by atomic mass is 16.6. The normalized spacial score (nSPS) is 14.2. The molecule has 1 aliphatic rings. The molecule has 0 unspecified atom stereocenters. The van der Waals surface area contributed by atoms with Gasteiger partial charge in [0.05, 0.1) is 10.4 Å². The molecule has 1 saturated heterocycles. The number of aromatic nitrogens is 1. The first-order valence-electron chi connectivity index (χ1n) is 8.11. The summed E-state index contributed by atoms with van der Waals surface area (Å²) in [5.41, 5.74) is 3.91. The summed E-state index contributed by atoms with van der Waals surface area (Å²) in [6, 6.07) is 15.0. The molecule has 24 heavy (non-hydrogen) atoms. The number of nitro groups is 1. The van der Waals surface area contributed by atoms with E-state index in [1.807, 2.05) is 18.2 Å². The molecule has 1 aliphatic heterocycles. The fraction of sp³-hybridized carbons (Fsp3) is 0.211. The smallest absolute Gasteiger partial charge is 0.270 e. The molecule has 0 atom stereocenters. The van der Waals surface area contributed by atoms with E-state index in [1.165, 1.54) is 18.9 Å². The van der Waals surface area contributed by atoms with E-state index in [-0.39, 0.29) is 10.6 Å². The maximum atomic E-state index is 11.1. The van der Waals surface area contributed by atoms with Gasteiger partial charge in [-0.2, -0.15) is 0 Å². The van der Waals surface area contributed by atoms with E-state index in [4.69, 9.17) is 0 Å². The van der Waals surface area contributed by atoms with Crippen molar-refractivity contribution in [1.82, 2.24) is 4.98 Å². The number of rotatable bonds is 3. The molecule has 0 amide bonds. The number of fused-ring (bicyclic) bond motifs is 1. The third-order valence-electron chi connectivity index (χ3n) is 4.53. The first-order valence-corrected chi connectivity index (χ1v) is 8.11. The van der Waals surface area contributed by atoms with Crippen molar-refractivity contribution in [2.45, 2.75) is 12.8 Å². The van der Waals surface area contributed by atoms with E-state index in [2.05, 4.69) is 22.0 Å². The van der Waals surface area contributed by atoms with Gasteiger partial charge in [-0.1, -0.05) is 18.2 Å². The van der Waals surface area contributed by atoms with Crippen LogP contribution >= 0.6 is 0 Å². The van der Waals surface area contributed by atoms with Crippen molar-refractivity contribution in [2.24, 2.45) is 0 Å². The van der Waals surface area contributed by atoms with Gasteiger partial charge in [0.2, 0.25) is 0 Å². The molecule has 120 valence electrons. The van der Waals surface area contributed by atoms with Gasteiger partial charge in [-0.25, -0.2) is 0 Å². The second-order valence-corrected chi connectivity index (χ2v) is 6.07. The SMILES string of the molecule is O=[N+]([O-])c1cccc(-c2cc(N3CCCC3)cc3cccnc23)c1. The Bertz CT molecular complexity index is 917. The van der Waals surface area contributed by atoms with Crippen LogP contribution in [-0.4, -0.2) is 23.0 Å². The Morgan fingerprint density at radius 1 is 1.04 bits per heavy atom. The van der Waals surface area contributed by atoms with Crippen LogP contribution in [-0.2, 0) is 0 Å². The van der Waals surface area contributed by atoms with E-state index >= 15 is 0 Å². The van der Waals surface area contributed by atoms with Gasteiger partial charge >= 0.3 is 0 Å². The molecule has 0 aliphatic carbocycles. The number of hydrogen-bond acceptors (Lipinski definition) is 4. The lowest BCUT2D eigenvalue weighted by molar-refractivity contribution is -0.384. The molecule has 0 bridgehead atoms. The summed E-state index contributed by atoms with van der Waals surface area (Å²) < 4.78 is 0. The highest BCUT2D eigenvalue weighted by Crippen LogP contribution is 2.34. The molecular weight excluding hydrogens is 302 g/mol. The zero-order chi connectivity index (χ0) is 16.5. The number of nitro benzene ring substituents is 1. The number of benzene rings is 2. The van der Waals surface area contributed by atoms with Crippen molar-refractivity contribution in [2.75, 3.05) is 18.0 Å². The second kappa shape index (κ2) is 5.92. The maximum absolute atomic E-state index is 11.1. The topological polar surface area (TPSA) is 59.3 Å². The number of nitrogens with zero attached hydrogens (tertiary/aromatic N) is 3. The van der Waals surface area contributed by atoms with Crippen molar-refractivity contribution >= 4 is 22.3 Å². The first kappa shape index (κ1) is 14.6. The Morgan fingerprint density at radius 3 is 2.67 bits per heavy atom. The van der Waals surface area contributed by atoms with Gasteiger partial charge in [0.25, 0.3) is 5.69 Å². The third-order valence-corrected chi connectivity index (χ3v) is 4.53. The van der Waals surface area contributed by atoms with Crippen LogP contribution in [0.15, 0.2) is 54.7 Å². The Morgan fingerprint density at radius 2 is 1.88 bits per heavy atom. The molecule has 0 saturated carbocycles. The minimum atomic E-state index is -0.358. The predicted octanol–water partition coefficient (Wildman–Crippen LogP) is 4.41. The number of non-ortho nitro benzene ring substituents is 1. The third kappa shape index (κ3) is 2.58. The van der Waals surface area contributed by atoms with E-state index in [9.17, 15) is 10.1 Å². The van der Waals surface area contributed by atoms with E-state index in [0.29, 0.717) is 0 Å². The van der Waals surface area contributed by atoms with Crippen LogP contribution in [0.4, 0.5) is 11.4 Å². The quantitative estimate of drug-likeness (QED) is 0.530. The Labute approximate surface area is 139 Å². The molecule has 0 N–H and O–H groups in total. The summed E-state index contributed by atoms with van der Waals surface area (Å²) in [5.74, 6) is 0. The van der Waals surface area contributed by atoms with Crippen LogP contribution in [0.25, 0.3) is 22.0 Å². The largest absolute Gasteiger partial charge is 0.371 e. The summed E-state index contributed by atoms with van der Waals surface area (Å²) in [6.45, 7) is 2.11. The summed E-state index contributed by atoms with van der Waals surface area (Å²) in [5, 5.41) is 12.2. The van der Waals surface area contributed by atoms with E-state index in [1.54, 1.807) is 18.3 Å². The number of pyridine rings is 1. The van der Waals surface area contributed by atoms with Gasteiger partial charge in [-0.15, -0.1) is 0 Å². The molecule has 2 aromatic carbocycles. The molecule has 0 radical (unpaired) electrons. The standard InChI is InChI=1S/C19H17N3O2/c23-22(24)16-7-3-5-14(11-16)18-13-17(21-9-1-2-10-21)12-15-6-4-8-20-19(15)18/h3-8,11-13H,1-2,9-10H2. The van der Waals surface area contributed by atoms with Gasteiger partial charge < -0.3 is 4.90 Å². The average molecular weight is 319 g/mol. The lowest BCUT2D eigenvalue weighted by atomic mass is 10.00. The summed E-state index contributed by atoms with van der Waals surface area (Å²) >= 11 is 0. The zero-order valence-corrected chi connectivity index (χ0v) is 13.2. The zero-order valence-electron chi connectivity index (χ0n) is 13.2. The lowest BCUT2D eigenvalue weighted by Gasteiger charge is -2.20. The molecule has 5 heteroatoms. The Kier molecular flexibility index (Phi) is 3.61. The van der Waals surface area contributed by atoms with Crippen LogP contribution < -0.4 is 4.90 Å². The van der Waals surface area contributed by atoms with Crippen LogP contribution in [0.5, 0.6) is 0 Å². The van der Waals surface area contributed by atoms with Crippen LogP contribution in [0.2, 0.25) is 0 Å². The molecule has 5 nitrogen and oxygen atoms in total. The van der Waals surface area contributed by atoms with Crippen molar-refractivity contribution in [1.29, 1.82) is 0 Å². The lowest BCUT2D eigenvalue weighted by Crippen LogP contribution is -2.17. The fourth-order valence-electron chi connectivity index (χ4n) is 3.34. The molecule has 3 aromatic rings. The molecule has 1 aromatic heterocycles. The van der Waals surface area contributed by atoms with Gasteiger partial charge in [0.1, 0.15) is 0 Å². The van der Waals surface area contributed by atoms with Gasteiger partial charge in [-0.3, -0.25) is 15.1 Å². The highest BCUT2D eigenvalue weighted by molar-refractivity contribution is 5.96. The second-order valence-electron chi connectivity index (χ2n) is 6.07. The van der Waals surface area contributed by atoms with Gasteiger partial charge in [0, 0.05) is 48.1 Å². The number of hydrogen-bond donors (Lipinski definition) is 0. The molecule has 1 fully saturated rings. The van der Waals surface area contributed by atoms with E-state index in [0.717, 1.165) is 40.8 Å². The monoisotopic (exact) mass is 319 g/mol. The van der Waals surface area contributed by atoms with Crippen LogP contribution in [0.3, 0.4) is 0 Å². The van der Waals surface area contributed by atoms with Crippen LogP contribution in [0.1, 0.15) is 12.8 Å². The maximum Gasteiger partial charge on any atom is 0.270 e. The van der Waals surface area contributed by atoms with Gasteiger partial charge in [0.15, 0.2) is 0 Å². The molecule has 4 rings (SSSR count). The molecule has 0 spiro atoms. The average Bonchev–Trinajstić information content (AvgIpc) is 3.15. The summed E-state index contributed by atoms with van der Waals surface area (Å²) in [4.78, 5) is 17.6. The highest BCUT2D eigenvalue weighted by Gasteiger charge is 2.16. The summed E-state index contributed by atoms with van der Waals surface area (Å²) in [7, 11) is 0. The minimum absolute atomic E-state index is 0.100. The van der Waals surface area contributed by atoms with Crippen molar-refractivity contribution in [3.8, 4) is 11.1 Å². The van der Waals surface area contributed by atoms with Crippen LogP contribution in [0, 0.1) is 10.1 Å². The van der Waals surface area contributed by atoms with Crippen molar-refractivity contribution in [3.05, 3.63) is 64.8 Å². The number of anilines is 1.